The Morgan fingerprint density at radius 2 is 1.47 bits per heavy atom. The maximum Gasteiger partial charge on any atom is 0.257 e. The van der Waals surface area contributed by atoms with Crippen LogP contribution in [0.1, 0.15) is 55.3 Å². The van der Waals surface area contributed by atoms with Crippen molar-refractivity contribution in [2.75, 3.05) is 5.32 Å². The maximum absolute atomic E-state index is 12.8. The van der Waals surface area contributed by atoms with Crippen LogP contribution < -0.4 is 19.5 Å². The van der Waals surface area contributed by atoms with Crippen LogP contribution in [0.15, 0.2) is 48.7 Å². The molecule has 3 aromatic rings. The first-order valence-corrected chi connectivity index (χ1v) is 11.1. The van der Waals surface area contributed by atoms with Crippen molar-refractivity contribution in [2.45, 2.75) is 46.8 Å². The van der Waals surface area contributed by atoms with E-state index in [0.717, 1.165) is 0 Å². The summed E-state index contributed by atoms with van der Waals surface area (Å²) in [6, 6.07) is 11.9. The van der Waals surface area contributed by atoms with Gasteiger partial charge in [0.1, 0.15) is 17.2 Å². The van der Waals surface area contributed by atoms with Gasteiger partial charge in [-0.1, -0.05) is 11.3 Å². The Morgan fingerprint density at radius 1 is 0.875 bits per heavy atom. The highest BCUT2D eigenvalue weighted by atomic mass is 32.1. The standard InChI is InChI=1S/C24H26N2O5S/c1-14(2)29-20-10-18(11-21(12-20)30-15(3)4)23(28)26-24-25-13-22(32-24)31-19-8-6-17(7-9-19)16(5)27/h6-15H,1-5H3,(H,25,26,28). The number of hydrogen-bond donors (Lipinski definition) is 1. The van der Waals surface area contributed by atoms with Gasteiger partial charge in [0.05, 0.1) is 18.4 Å². The Hall–Kier alpha value is -3.39. The van der Waals surface area contributed by atoms with Crippen molar-refractivity contribution in [1.29, 1.82) is 0 Å². The van der Waals surface area contributed by atoms with Crippen LogP contribution in [-0.2, 0) is 0 Å². The van der Waals surface area contributed by atoms with Crippen molar-refractivity contribution in [1.82, 2.24) is 4.98 Å². The van der Waals surface area contributed by atoms with Crippen LogP contribution in [0.3, 0.4) is 0 Å². The summed E-state index contributed by atoms with van der Waals surface area (Å²) < 4.78 is 17.3. The minimum Gasteiger partial charge on any atom is -0.491 e. The summed E-state index contributed by atoms with van der Waals surface area (Å²) in [5.41, 5.74) is 1.01. The highest BCUT2D eigenvalue weighted by Gasteiger charge is 2.14. The lowest BCUT2D eigenvalue weighted by Crippen LogP contribution is -2.14. The van der Waals surface area contributed by atoms with E-state index < -0.39 is 0 Å². The molecule has 0 aliphatic carbocycles. The fourth-order valence-electron chi connectivity index (χ4n) is 2.79. The average molecular weight is 455 g/mol. The number of carbonyl (C=O) groups excluding carboxylic acids is 2. The Morgan fingerprint density at radius 3 is 2.00 bits per heavy atom. The van der Waals surface area contributed by atoms with Crippen molar-refractivity contribution in [3.8, 4) is 22.3 Å². The van der Waals surface area contributed by atoms with Crippen LogP contribution in [0.2, 0.25) is 0 Å². The number of nitrogens with one attached hydrogen (secondary N) is 1. The summed E-state index contributed by atoms with van der Waals surface area (Å²) in [5, 5.41) is 3.69. The molecule has 0 bridgehead atoms. The molecular formula is C24H26N2O5S. The third-order valence-electron chi connectivity index (χ3n) is 4.07. The van der Waals surface area contributed by atoms with Gasteiger partial charge in [-0.15, -0.1) is 0 Å². The van der Waals surface area contributed by atoms with E-state index in [4.69, 9.17) is 14.2 Å². The van der Waals surface area contributed by atoms with Crippen LogP contribution in [0.25, 0.3) is 0 Å². The Labute approximate surface area is 191 Å². The number of Topliss-reactive ketones (excluding diaryl/α,β-unsaturated/α-hetero) is 1. The molecule has 0 fully saturated rings. The van der Waals surface area contributed by atoms with Crippen LogP contribution in [-0.4, -0.2) is 28.9 Å². The minimum atomic E-state index is -0.334. The second-order valence-corrected chi connectivity index (χ2v) is 8.64. The zero-order valence-corrected chi connectivity index (χ0v) is 19.5. The molecule has 0 saturated heterocycles. The molecule has 8 heteroatoms. The molecule has 0 aliphatic rings. The molecule has 1 aromatic heterocycles. The van der Waals surface area contributed by atoms with Crippen molar-refractivity contribution < 1.29 is 23.8 Å². The normalized spacial score (nSPS) is 10.8. The molecule has 0 aliphatic heterocycles. The van der Waals surface area contributed by atoms with Crippen LogP contribution in [0.4, 0.5) is 5.13 Å². The van der Waals surface area contributed by atoms with E-state index >= 15 is 0 Å². The van der Waals surface area contributed by atoms with Crippen LogP contribution in [0.5, 0.6) is 22.3 Å². The second-order valence-electron chi connectivity index (χ2n) is 7.65. The van der Waals surface area contributed by atoms with Gasteiger partial charge in [-0.2, -0.15) is 0 Å². The minimum absolute atomic E-state index is 0.0100. The number of carbonyl (C=O) groups is 2. The van der Waals surface area contributed by atoms with Crippen molar-refractivity contribution in [2.24, 2.45) is 0 Å². The molecular weight excluding hydrogens is 428 g/mol. The molecule has 0 saturated carbocycles. The number of benzene rings is 2. The van der Waals surface area contributed by atoms with E-state index in [1.54, 1.807) is 42.5 Å². The average Bonchev–Trinajstić information content (AvgIpc) is 3.13. The van der Waals surface area contributed by atoms with E-state index in [9.17, 15) is 9.59 Å². The first kappa shape index (κ1) is 23.3. The largest absolute Gasteiger partial charge is 0.491 e. The number of ether oxygens (including phenoxy) is 3. The summed E-state index contributed by atoms with van der Waals surface area (Å²) in [7, 11) is 0. The van der Waals surface area contributed by atoms with Gasteiger partial charge >= 0.3 is 0 Å². The number of nitrogens with zero attached hydrogens (tertiary/aromatic N) is 1. The molecule has 0 unspecified atom stereocenters. The van der Waals surface area contributed by atoms with Gasteiger partial charge in [-0.25, -0.2) is 4.98 Å². The van der Waals surface area contributed by atoms with E-state index in [-0.39, 0.29) is 23.9 Å². The first-order chi connectivity index (χ1) is 15.2. The number of ketones is 1. The van der Waals surface area contributed by atoms with Crippen molar-refractivity contribution in [3.63, 3.8) is 0 Å². The molecule has 168 valence electrons. The molecule has 1 N–H and O–H groups in total. The molecule has 0 spiro atoms. The van der Waals surface area contributed by atoms with Gasteiger partial charge in [-0.3, -0.25) is 14.9 Å². The molecule has 0 radical (unpaired) electrons. The Bertz CT molecular complexity index is 1060. The fourth-order valence-corrected chi connectivity index (χ4v) is 3.47. The zero-order chi connectivity index (χ0) is 23.3. The number of hydrogen-bond acceptors (Lipinski definition) is 7. The topological polar surface area (TPSA) is 86.8 Å². The lowest BCUT2D eigenvalue weighted by molar-refractivity contribution is 0.101. The number of thiazole rings is 1. The number of anilines is 1. The maximum atomic E-state index is 12.8. The lowest BCUT2D eigenvalue weighted by atomic mass is 10.1. The highest BCUT2D eigenvalue weighted by Crippen LogP contribution is 2.31. The lowest BCUT2D eigenvalue weighted by Gasteiger charge is -2.15. The summed E-state index contributed by atoms with van der Waals surface area (Å²) in [6.07, 6.45) is 1.46. The summed E-state index contributed by atoms with van der Waals surface area (Å²) in [6.45, 7) is 9.18. The molecule has 2 aromatic carbocycles. The predicted molar refractivity (Wildman–Crippen MR) is 125 cm³/mol. The summed E-state index contributed by atoms with van der Waals surface area (Å²) in [5.74, 6) is 1.34. The third-order valence-corrected chi connectivity index (χ3v) is 4.86. The number of amides is 1. The zero-order valence-electron chi connectivity index (χ0n) is 18.7. The van der Waals surface area contributed by atoms with Crippen molar-refractivity contribution in [3.05, 3.63) is 59.8 Å². The van der Waals surface area contributed by atoms with Crippen molar-refractivity contribution >= 4 is 28.2 Å². The van der Waals surface area contributed by atoms with Gasteiger partial charge in [-0.05, 0) is 71.0 Å². The predicted octanol–water partition coefficient (Wildman–Crippen LogP) is 5.96. The number of rotatable bonds is 9. The quantitative estimate of drug-likeness (QED) is 0.401. The molecule has 1 amide bonds. The molecule has 1 heterocycles. The van der Waals surface area contributed by atoms with Gasteiger partial charge in [0.2, 0.25) is 5.06 Å². The SMILES string of the molecule is CC(=O)c1ccc(Oc2cnc(NC(=O)c3cc(OC(C)C)cc(OC(C)C)c3)s2)cc1. The Kier molecular flexibility index (Phi) is 7.48. The van der Waals surface area contributed by atoms with E-state index in [0.29, 0.717) is 38.6 Å². The summed E-state index contributed by atoms with van der Waals surface area (Å²) >= 11 is 1.20. The van der Waals surface area contributed by atoms with Gasteiger partial charge in [0.15, 0.2) is 10.9 Å². The van der Waals surface area contributed by atoms with E-state index in [2.05, 4.69) is 10.3 Å². The molecule has 0 atom stereocenters. The highest BCUT2D eigenvalue weighted by molar-refractivity contribution is 7.17. The Balaban J connectivity index is 1.71. The van der Waals surface area contributed by atoms with Gasteiger partial charge in [0.25, 0.3) is 5.91 Å². The van der Waals surface area contributed by atoms with Gasteiger partial charge < -0.3 is 14.2 Å². The fraction of sp³-hybridized carbons (Fsp3) is 0.292. The molecule has 7 nitrogen and oxygen atoms in total. The van der Waals surface area contributed by atoms with Gasteiger partial charge in [0, 0.05) is 17.2 Å². The smallest absolute Gasteiger partial charge is 0.257 e. The summed E-state index contributed by atoms with van der Waals surface area (Å²) in [4.78, 5) is 28.4. The number of aromatic nitrogens is 1. The van der Waals surface area contributed by atoms with Crippen LogP contribution in [0, 0.1) is 0 Å². The monoisotopic (exact) mass is 454 g/mol. The molecule has 3 rings (SSSR count). The third kappa shape index (κ3) is 6.55. The van der Waals surface area contributed by atoms with E-state index in [1.807, 2.05) is 27.7 Å². The molecule has 32 heavy (non-hydrogen) atoms. The second kappa shape index (κ2) is 10.3. The van der Waals surface area contributed by atoms with E-state index in [1.165, 1.54) is 24.5 Å². The van der Waals surface area contributed by atoms with Crippen LogP contribution >= 0.6 is 11.3 Å². The first-order valence-electron chi connectivity index (χ1n) is 10.2.